The molecule has 1 aromatic carbocycles. The maximum atomic E-state index is 11.7. The van der Waals surface area contributed by atoms with Crippen LogP contribution in [-0.4, -0.2) is 24.1 Å². The molecule has 0 atom stereocenters. The molecule has 88 valence electrons. The molecule has 0 saturated carbocycles. The van der Waals surface area contributed by atoms with Crippen LogP contribution in [0.15, 0.2) is 22.7 Å². The van der Waals surface area contributed by atoms with Crippen LogP contribution >= 0.6 is 27.5 Å². The summed E-state index contributed by atoms with van der Waals surface area (Å²) in [4.78, 5) is 13.3. The fourth-order valence-electron chi connectivity index (χ4n) is 1.20. The van der Waals surface area contributed by atoms with E-state index in [1.165, 1.54) is 0 Å². The Morgan fingerprint density at radius 1 is 1.44 bits per heavy atom. The molecular weight excluding hydrogens is 293 g/mol. The lowest BCUT2D eigenvalue weighted by Crippen LogP contribution is -2.33. The van der Waals surface area contributed by atoms with Gasteiger partial charge in [-0.2, -0.15) is 0 Å². The Kier molecular flexibility index (Phi) is 5.09. The Labute approximate surface area is 108 Å². The summed E-state index contributed by atoms with van der Waals surface area (Å²) in [6.07, 6.45) is -0.368. The highest BCUT2D eigenvalue weighted by molar-refractivity contribution is 9.10. The average molecular weight is 307 g/mol. The Balaban J connectivity index is 2.80. The molecular formula is C11H13BrClNO2. The maximum Gasteiger partial charge on any atom is 0.415 e. The molecule has 0 unspecified atom stereocenters. The molecule has 0 fully saturated rings. The first-order valence-corrected chi connectivity index (χ1v) is 6.18. The molecule has 0 aliphatic heterocycles. The summed E-state index contributed by atoms with van der Waals surface area (Å²) in [5.74, 6) is 0.435. The molecule has 0 aromatic heterocycles. The topological polar surface area (TPSA) is 29.5 Å². The van der Waals surface area contributed by atoms with E-state index in [1.54, 1.807) is 23.1 Å². The standard InChI is InChI=1S/C11H13BrClNO2/c1-3-14(4-2)11(15)16-9-7-5-6-8(13)10(9)12/h5-7H,3-4H2,1-2H3. The number of hydrogen-bond acceptors (Lipinski definition) is 2. The zero-order valence-electron chi connectivity index (χ0n) is 9.17. The largest absolute Gasteiger partial charge is 0.415 e. The van der Waals surface area contributed by atoms with E-state index in [-0.39, 0.29) is 6.09 Å². The van der Waals surface area contributed by atoms with Gasteiger partial charge < -0.3 is 9.64 Å². The molecule has 0 radical (unpaired) electrons. The van der Waals surface area contributed by atoms with E-state index in [9.17, 15) is 4.79 Å². The second kappa shape index (κ2) is 6.11. The summed E-state index contributed by atoms with van der Waals surface area (Å²) in [5.41, 5.74) is 0. The predicted octanol–water partition coefficient (Wildman–Crippen LogP) is 3.94. The van der Waals surface area contributed by atoms with E-state index in [4.69, 9.17) is 16.3 Å². The Morgan fingerprint density at radius 3 is 2.62 bits per heavy atom. The summed E-state index contributed by atoms with van der Waals surface area (Å²) < 4.78 is 5.82. The van der Waals surface area contributed by atoms with Crippen molar-refractivity contribution in [3.63, 3.8) is 0 Å². The predicted molar refractivity (Wildman–Crippen MR) is 68.1 cm³/mol. The minimum Gasteiger partial charge on any atom is -0.409 e. The second-order valence-corrected chi connectivity index (χ2v) is 4.29. The van der Waals surface area contributed by atoms with Gasteiger partial charge in [0.15, 0.2) is 0 Å². The van der Waals surface area contributed by atoms with Crippen molar-refractivity contribution >= 4 is 33.6 Å². The molecule has 1 amide bonds. The van der Waals surface area contributed by atoms with Gasteiger partial charge in [0.2, 0.25) is 0 Å². The number of carbonyl (C=O) groups excluding carboxylic acids is 1. The molecule has 5 heteroatoms. The van der Waals surface area contributed by atoms with Gasteiger partial charge in [-0.15, -0.1) is 0 Å². The smallest absolute Gasteiger partial charge is 0.409 e. The Bertz CT molecular complexity index is 380. The van der Waals surface area contributed by atoms with Gasteiger partial charge in [0.1, 0.15) is 5.75 Å². The summed E-state index contributed by atoms with van der Waals surface area (Å²) in [6.45, 7) is 5.04. The van der Waals surface area contributed by atoms with E-state index in [0.29, 0.717) is 28.3 Å². The van der Waals surface area contributed by atoms with E-state index in [1.807, 2.05) is 13.8 Å². The minimum absolute atomic E-state index is 0.368. The van der Waals surface area contributed by atoms with Crippen LogP contribution in [0.4, 0.5) is 4.79 Å². The maximum absolute atomic E-state index is 11.7. The van der Waals surface area contributed by atoms with Crippen LogP contribution in [0.2, 0.25) is 5.02 Å². The van der Waals surface area contributed by atoms with Crippen LogP contribution in [0.3, 0.4) is 0 Å². The summed E-state index contributed by atoms with van der Waals surface area (Å²) in [7, 11) is 0. The zero-order valence-corrected chi connectivity index (χ0v) is 11.5. The minimum atomic E-state index is -0.368. The summed E-state index contributed by atoms with van der Waals surface area (Å²) in [5, 5.41) is 0.518. The van der Waals surface area contributed by atoms with E-state index in [0.717, 1.165) is 0 Å². The van der Waals surface area contributed by atoms with Gasteiger partial charge in [-0.1, -0.05) is 17.7 Å². The molecule has 1 rings (SSSR count). The third-order valence-electron chi connectivity index (χ3n) is 2.14. The van der Waals surface area contributed by atoms with Crippen molar-refractivity contribution in [1.82, 2.24) is 4.90 Å². The van der Waals surface area contributed by atoms with Crippen LogP contribution in [0.5, 0.6) is 5.75 Å². The first-order chi connectivity index (χ1) is 7.60. The zero-order chi connectivity index (χ0) is 12.1. The summed E-state index contributed by atoms with van der Waals surface area (Å²) in [6, 6.07) is 5.15. The number of amides is 1. The number of benzene rings is 1. The lowest BCUT2D eigenvalue weighted by molar-refractivity contribution is 0.157. The van der Waals surface area contributed by atoms with Gasteiger partial charge >= 0.3 is 6.09 Å². The molecule has 0 saturated heterocycles. The second-order valence-electron chi connectivity index (χ2n) is 3.09. The molecule has 0 aliphatic rings. The van der Waals surface area contributed by atoms with Crippen molar-refractivity contribution in [2.75, 3.05) is 13.1 Å². The van der Waals surface area contributed by atoms with E-state index >= 15 is 0 Å². The van der Waals surface area contributed by atoms with Crippen molar-refractivity contribution in [3.05, 3.63) is 27.7 Å². The van der Waals surface area contributed by atoms with Crippen LogP contribution in [0.1, 0.15) is 13.8 Å². The molecule has 0 spiro atoms. The quantitative estimate of drug-likeness (QED) is 0.846. The molecule has 0 N–H and O–H groups in total. The molecule has 3 nitrogen and oxygen atoms in total. The van der Waals surface area contributed by atoms with Crippen LogP contribution in [0, 0.1) is 0 Å². The number of rotatable bonds is 3. The van der Waals surface area contributed by atoms with Crippen molar-refractivity contribution in [2.24, 2.45) is 0 Å². The Morgan fingerprint density at radius 2 is 2.06 bits per heavy atom. The normalized spacial score (nSPS) is 10.0. The van der Waals surface area contributed by atoms with Gasteiger partial charge in [0.25, 0.3) is 0 Å². The molecule has 0 aliphatic carbocycles. The van der Waals surface area contributed by atoms with Crippen LogP contribution in [0.25, 0.3) is 0 Å². The third-order valence-corrected chi connectivity index (χ3v) is 3.50. The van der Waals surface area contributed by atoms with E-state index in [2.05, 4.69) is 15.9 Å². The number of nitrogens with zero attached hydrogens (tertiary/aromatic N) is 1. The molecule has 1 aromatic rings. The van der Waals surface area contributed by atoms with Gasteiger partial charge in [-0.25, -0.2) is 4.79 Å². The highest BCUT2D eigenvalue weighted by atomic mass is 79.9. The first kappa shape index (κ1) is 13.3. The van der Waals surface area contributed by atoms with Crippen LogP contribution in [-0.2, 0) is 0 Å². The van der Waals surface area contributed by atoms with Crippen molar-refractivity contribution < 1.29 is 9.53 Å². The van der Waals surface area contributed by atoms with Crippen molar-refractivity contribution in [1.29, 1.82) is 0 Å². The molecule has 0 bridgehead atoms. The average Bonchev–Trinajstić information content (AvgIpc) is 2.26. The third kappa shape index (κ3) is 3.12. The van der Waals surface area contributed by atoms with Gasteiger partial charge in [0, 0.05) is 13.1 Å². The van der Waals surface area contributed by atoms with E-state index < -0.39 is 0 Å². The Hall–Kier alpha value is -0.740. The van der Waals surface area contributed by atoms with Crippen molar-refractivity contribution in [2.45, 2.75) is 13.8 Å². The number of ether oxygens (including phenoxy) is 1. The molecule has 0 heterocycles. The fraction of sp³-hybridized carbons (Fsp3) is 0.364. The van der Waals surface area contributed by atoms with Crippen molar-refractivity contribution in [3.8, 4) is 5.75 Å². The highest BCUT2D eigenvalue weighted by Crippen LogP contribution is 2.32. The van der Waals surface area contributed by atoms with Gasteiger partial charge in [0.05, 0.1) is 9.50 Å². The lowest BCUT2D eigenvalue weighted by Gasteiger charge is -2.18. The first-order valence-electron chi connectivity index (χ1n) is 5.00. The van der Waals surface area contributed by atoms with Crippen LogP contribution < -0.4 is 4.74 Å². The number of hydrogen-bond donors (Lipinski definition) is 0. The lowest BCUT2D eigenvalue weighted by atomic mass is 10.3. The number of halogens is 2. The molecule has 16 heavy (non-hydrogen) atoms. The highest BCUT2D eigenvalue weighted by Gasteiger charge is 2.14. The SMILES string of the molecule is CCN(CC)C(=O)Oc1cccc(Cl)c1Br. The number of carbonyl (C=O) groups is 1. The monoisotopic (exact) mass is 305 g/mol. The van der Waals surface area contributed by atoms with Gasteiger partial charge in [-0.05, 0) is 41.9 Å². The fourth-order valence-corrected chi connectivity index (χ4v) is 1.71. The van der Waals surface area contributed by atoms with Gasteiger partial charge in [-0.3, -0.25) is 0 Å². The summed E-state index contributed by atoms with van der Waals surface area (Å²) >= 11 is 9.17.